The summed E-state index contributed by atoms with van der Waals surface area (Å²) in [4.78, 5) is 2.53. The first-order valence-electron chi connectivity index (χ1n) is 7.49. The third-order valence-electron chi connectivity index (χ3n) is 4.77. The molecule has 2 N–H and O–H groups in total. The highest BCUT2D eigenvalue weighted by atomic mass is 16.5. The number of hydrogen-bond acceptors (Lipinski definition) is 4. The molecular weight excluding hydrogens is 240 g/mol. The average Bonchev–Trinajstić information content (AvgIpc) is 2.43. The van der Waals surface area contributed by atoms with Crippen molar-refractivity contribution in [3.05, 3.63) is 0 Å². The molecule has 112 valence electrons. The first-order valence-corrected chi connectivity index (χ1v) is 7.49. The summed E-state index contributed by atoms with van der Waals surface area (Å²) in [6.45, 7) is 14.3. The minimum absolute atomic E-state index is 0.0849. The van der Waals surface area contributed by atoms with E-state index in [1.165, 1.54) is 0 Å². The number of nitrogens with zero attached hydrogens (tertiary/aromatic N) is 1. The van der Waals surface area contributed by atoms with Crippen LogP contribution in [0.1, 0.15) is 47.5 Å². The van der Waals surface area contributed by atoms with E-state index in [-0.39, 0.29) is 22.8 Å². The van der Waals surface area contributed by atoms with E-state index < -0.39 is 0 Å². The van der Waals surface area contributed by atoms with Crippen molar-refractivity contribution in [3.63, 3.8) is 0 Å². The van der Waals surface area contributed by atoms with Gasteiger partial charge in [0.05, 0.1) is 22.8 Å². The lowest BCUT2D eigenvalue weighted by molar-refractivity contribution is -0.106. The zero-order valence-corrected chi connectivity index (χ0v) is 13.2. The highest BCUT2D eigenvalue weighted by Gasteiger charge is 2.59. The summed E-state index contributed by atoms with van der Waals surface area (Å²) in [5, 5.41) is 0. The topological polar surface area (TPSA) is 47.7 Å². The second-order valence-electron chi connectivity index (χ2n) is 7.27. The fraction of sp³-hybridized carbons (Fsp3) is 1.00. The highest BCUT2D eigenvalue weighted by molar-refractivity contribution is 5.13. The normalized spacial score (nSPS) is 39.2. The number of ether oxygens (including phenoxy) is 2. The van der Waals surface area contributed by atoms with Crippen molar-refractivity contribution >= 4 is 0 Å². The SMILES string of the molecule is CC1CN(C2(CN)CC(C)(C)OC2(C)C)CCCO1. The van der Waals surface area contributed by atoms with E-state index in [0.717, 1.165) is 32.5 Å². The summed E-state index contributed by atoms with van der Waals surface area (Å²) in [7, 11) is 0. The van der Waals surface area contributed by atoms with Gasteiger partial charge in [0.15, 0.2) is 0 Å². The lowest BCUT2D eigenvalue weighted by Crippen LogP contribution is -2.64. The van der Waals surface area contributed by atoms with E-state index in [1.807, 2.05) is 0 Å². The Morgan fingerprint density at radius 3 is 2.47 bits per heavy atom. The van der Waals surface area contributed by atoms with Gasteiger partial charge in [-0.2, -0.15) is 0 Å². The molecule has 0 aliphatic carbocycles. The van der Waals surface area contributed by atoms with Crippen LogP contribution in [0.2, 0.25) is 0 Å². The number of nitrogens with two attached hydrogens (primary N) is 1. The summed E-state index contributed by atoms with van der Waals surface area (Å²) >= 11 is 0. The number of hydrogen-bond donors (Lipinski definition) is 1. The Morgan fingerprint density at radius 2 is 1.95 bits per heavy atom. The molecule has 2 rings (SSSR count). The van der Waals surface area contributed by atoms with Crippen molar-refractivity contribution < 1.29 is 9.47 Å². The Morgan fingerprint density at radius 1 is 1.26 bits per heavy atom. The first kappa shape index (κ1) is 15.2. The van der Waals surface area contributed by atoms with E-state index in [9.17, 15) is 0 Å². The van der Waals surface area contributed by atoms with Crippen LogP contribution in [0.5, 0.6) is 0 Å². The van der Waals surface area contributed by atoms with Gasteiger partial charge in [-0.3, -0.25) is 4.90 Å². The van der Waals surface area contributed by atoms with Crippen molar-refractivity contribution in [2.24, 2.45) is 5.73 Å². The molecule has 4 heteroatoms. The van der Waals surface area contributed by atoms with Crippen LogP contribution in [-0.4, -0.2) is 54.0 Å². The molecule has 2 atom stereocenters. The quantitative estimate of drug-likeness (QED) is 0.831. The van der Waals surface area contributed by atoms with E-state index in [0.29, 0.717) is 6.54 Å². The van der Waals surface area contributed by atoms with E-state index in [2.05, 4.69) is 39.5 Å². The molecule has 0 amide bonds. The van der Waals surface area contributed by atoms with Gasteiger partial charge in [-0.25, -0.2) is 0 Å². The maximum Gasteiger partial charge on any atom is 0.0830 e. The van der Waals surface area contributed by atoms with Gasteiger partial charge in [0.25, 0.3) is 0 Å². The lowest BCUT2D eigenvalue weighted by atomic mass is 9.77. The van der Waals surface area contributed by atoms with Crippen molar-refractivity contribution in [1.82, 2.24) is 4.90 Å². The van der Waals surface area contributed by atoms with Crippen LogP contribution in [0.3, 0.4) is 0 Å². The van der Waals surface area contributed by atoms with Crippen molar-refractivity contribution in [3.8, 4) is 0 Å². The molecule has 0 aromatic rings. The van der Waals surface area contributed by atoms with Crippen LogP contribution in [0, 0.1) is 0 Å². The second kappa shape index (κ2) is 4.99. The van der Waals surface area contributed by atoms with Gasteiger partial charge in [-0.1, -0.05) is 0 Å². The first-order chi connectivity index (χ1) is 8.72. The molecule has 2 fully saturated rings. The predicted molar refractivity (Wildman–Crippen MR) is 77.2 cm³/mol. The largest absolute Gasteiger partial charge is 0.377 e. The molecule has 2 aliphatic heterocycles. The number of rotatable bonds is 2. The maximum absolute atomic E-state index is 6.31. The molecule has 0 radical (unpaired) electrons. The third kappa shape index (κ3) is 2.68. The summed E-state index contributed by atoms with van der Waals surface area (Å²) in [6.07, 6.45) is 2.32. The maximum atomic E-state index is 6.31. The monoisotopic (exact) mass is 270 g/mol. The van der Waals surface area contributed by atoms with Crippen LogP contribution in [0.4, 0.5) is 0 Å². The standard InChI is InChI=1S/C15H30N2O2/c1-12-9-17(7-6-8-18-12)15(11-16)10-13(2,3)19-14(15,4)5/h12H,6-11,16H2,1-5H3. The minimum atomic E-state index is -0.227. The Labute approximate surface area is 117 Å². The second-order valence-corrected chi connectivity index (χ2v) is 7.27. The molecule has 2 saturated heterocycles. The van der Waals surface area contributed by atoms with Gasteiger partial charge < -0.3 is 15.2 Å². The molecular formula is C15H30N2O2. The molecule has 2 unspecified atom stereocenters. The fourth-order valence-electron chi connectivity index (χ4n) is 4.06. The Bertz CT molecular complexity index is 330. The molecule has 0 aromatic carbocycles. The summed E-state index contributed by atoms with van der Waals surface area (Å²) in [5.74, 6) is 0. The average molecular weight is 270 g/mol. The van der Waals surface area contributed by atoms with Crippen molar-refractivity contribution in [2.75, 3.05) is 26.2 Å². The van der Waals surface area contributed by atoms with Crippen LogP contribution >= 0.6 is 0 Å². The van der Waals surface area contributed by atoms with Gasteiger partial charge >= 0.3 is 0 Å². The molecule has 19 heavy (non-hydrogen) atoms. The van der Waals surface area contributed by atoms with Gasteiger partial charge in [-0.15, -0.1) is 0 Å². The summed E-state index contributed by atoms with van der Waals surface area (Å²) in [5.41, 5.74) is 5.81. The van der Waals surface area contributed by atoms with Crippen molar-refractivity contribution in [2.45, 2.75) is 70.3 Å². The Kier molecular flexibility index (Phi) is 4.00. The lowest BCUT2D eigenvalue weighted by Gasteiger charge is -2.47. The Hall–Kier alpha value is -0.160. The molecule has 4 nitrogen and oxygen atoms in total. The summed E-state index contributed by atoms with van der Waals surface area (Å²) < 4.78 is 12.1. The molecule has 0 spiro atoms. The highest BCUT2D eigenvalue weighted by Crippen LogP contribution is 2.48. The van der Waals surface area contributed by atoms with E-state index in [1.54, 1.807) is 0 Å². The molecule has 0 bridgehead atoms. The smallest absolute Gasteiger partial charge is 0.0830 e. The minimum Gasteiger partial charge on any atom is -0.377 e. The van der Waals surface area contributed by atoms with Gasteiger partial charge in [-0.05, 0) is 47.5 Å². The molecule has 0 aromatic heterocycles. The van der Waals surface area contributed by atoms with Gasteiger partial charge in [0.1, 0.15) is 0 Å². The van der Waals surface area contributed by atoms with Gasteiger partial charge in [0.2, 0.25) is 0 Å². The predicted octanol–water partition coefficient (Wildman–Crippen LogP) is 1.77. The van der Waals surface area contributed by atoms with E-state index in [4.69, 9.17) is 15.2 Å². The van der Waals surface area contributed by atoms with Crippen LogP contribution in [-0.2, 0) is 9.47 Å². The molecule has 0 saturated carbocycles. The zero-order chi connectivity index (χ0) is 14.3. The van der Waals surface area contributed by atoms with Gasteiger partial charge in [0, 0.05) is 26.2 Å². The third-order valence-corrected chi connectivity index (χ3v) is 4.77. The fourth-order valence-corrected chi connectivity index (χ4v) is 4.06. The van der Waals surface area contributed by atoms with E-state index >= 15 is 0 Å². The van der Waals surface area contributed by atoms with Crippen LogP contribution < -0.4 is 5.73 Å². The zero-order valence-electron chi connectivity index (χ0n) is 13.2. The Balaban J connectivity index is 2.31. The summed E-state index contributed by atoms with van der Waals surface area (Å²) in [6, 6.07) is 0. The van der Waals surface area contributed by atoms with Crippen LogP contribution in [0.15, 0.2) is 0 Å². The molecule has 2 heterocycles. The van der Waals surface area contributed by atoms with Crippen LogP contribution in [0.25, 0.3) is 0 Å². The molecule has 2 aliphatic rings. The van der Waals surface area contributed by atoms with Crippen molar-refractivity contribution in [1.29, 1.82) is 0 Å².